The Morgan fingerprint density at radius 2 is 2.78 bits per heavy atom. The van der Waals surface area contributed by atoms with Gasteiger partial charge in [-0.05, 0) is 22.0 Å². The van der Waals surface area contributed by atoms with Crippen LogP contribution in [0.2, 0.25) is 0 Å². The molecule has 0 aliphatic heterocycles. The maximum absolute atomic E-state index is 10.4. The van der Waals surface area contributed by atoms with Gasteiger partial charge in [-0.15, -0.1) is 0 Å². The van der Waals surface area contributed by atoms with Gasteiger partial charge in [0, 0.05) is 21.8 Å². The molecule has 0 unspecified atom stereocenters. The molecule has 0 saturated carbocycles. The molecule has 1 heterocycles. The third kappa shape index (κ3) is 1.21. The van der Waals surface area contributed by atoms with Gasteiger partial charge in [-0.3, -0.25) is 4.79 Å². The summed E-state index contributed by atoms with van der Waals surface area (Å²) in [7, 11) is 0. The van der Waals surface area contributed by atoms with Gasteiger partial charge in [0.15, 0.2) is 6.29 Å². The molecule has 1 rings (SSSR count). The molecule has 2 nitrogen and oxygen atoms in total. The molecule has 48 valence electrons. The summed E-state index contributed by atoms with van der Waals surface area (Å²) in [5, 5.41) is 0. The average molecular weight is 191 g/mol. The largest absolute Gasteiger partial charge is 0.347 e. The van der Waals surface area contributed by atoms with Crippen LogP contribution in [0.15, 0.2) is 16.7 Å². The molecule has 0 aromatic carbocycles. The van der Waals surface area contributed by atoms with Crippen molar-refractivity contribution in [2.75, 3.05) is 0 Å². The third-order valence-corrected chi connectivity index (χ3v) is 1.37. The maximum atomic E-state index is 10.4. The van der Waals surface area contributed by atoms with Gasteiger partial charge in [0.05, 0.1) is 5.69 Å². The normalized spacial score (nSPS) is 15.9. The number of halogens is 1. The van der Waals surface area contributed by atoms with E-state index in [0.717, 1.165) is 4.57 Å². The standard InChI is InChI=1S/C6H6BrNO/c1-8-3-5(7)2-6(8)4-9/h2-4H,1H3/i1D3. The number of hydrogen-bond acceptors (Lipinski definition) is 1. The Labute approximate surface area is 65.8 Å². The molecular formula is C6H6BrNO. The summed E-state index contributed by atoms with van der Waals surface area (Å²) in [6.07, 6.45) is 1.87. The molecule has 0 fully saturated rings. The van der Waals surface area contributed by atoms with Gasteiger partial charge < -0.3 is 4.57 Å². The summed E-state index contributed by atoms with van der Waals surface area (Å²) in [5.74, 6) is 0. The van der Waals surface area contributed by atoms with Crippen LogP contribution in [0.1, 0.15) is 14.6 Å². The number of aromatic nitrogens is 1. The van der Waals surface area contributed by atoms with Crippen molar-refractivity contribution < 1.29 is 8.91 Å². The zero-order valence-electron chi connectivity index (χ0n) is 7.47. The van der Waals surface area contributed by atoms with Crippen molar-refractivity contribution in [3.05, 3.63) is 22.4 Å². The highest BCUT2D eigenvalue weighted by molar-refractivity contribution is 9.10. The van der Waals surface area contributed by atoms with Gasteiger partial charge in [-0.1, -0.05) is 0 Å². The number of aryl methyl sites for hydroxylation is 1. The van der Waals surface area contributed by atoms with Gasteiger partial charge in [-0.25, -0.2) is 0 Å². The highest BCUT2D eigenvalue weighted by Crippen LogP contribution is 2.11. The van der Waals surface area contributed by atoms with E-state index in [1.165, 1.54) is 12.3 Å². The van der Waals surface area contributed by atoms with E-state index in [4.69, 9.17) is 4.11 Å². The monoisotopic (exact) mass is 190 g/mol. The lowest BCUT2D eigenvalue weighted by Gasteiger charge is -1.88. The van der Waals surface area contributed by atoms with E-state index in [1.54, 1.807) is 0 Å². The topological polar surface area (TPSA) is 22.0 Å². The predicted octanol–water partition coefficient (Wildman–Crippen LogP) is 1.60. The first-order valence-corrected chi connectivity index (χ1v) is 3.08. The Hall–Kier alpha value is -0.570. The van der Waals surface area contributed by atoms with Gasteiger partial charge in [-0.2, -0.15) is 0 Å². The molecule has 0 bridgehead atoms. The lowest BCUT2D eigenvalue weighted by Crippen LogP contribution is -1.90. The molecule has 0 radical (unpaired) electrons. The zero-order chi connectivity index (χ0) is 9.35. The van der Waals surface area contributed by atoms with Gasteiger partial charge in [0.25, 0.3) is 0 Å². The highest BCUT2D eigenvalue weighted by Gasteiger charge is 1.96. The van der Waals surface area contributed by atoms with Crippen molar-refractivity contribution in [2.24, 2.45) is 6.98 Å². The third-order valence-electron chi connectivity index (χ3n) is 0.937. The number of hydrogen-bond donors (Lipinski definition) is 0. The molecule has 3 heteroatoms. The second-order valence-electron chi connectivity index (χ2n) is 1.57. The summed E-state index contributed by atoms with van der Waals surface area (Å²) in [4.78, 5) is 10.4. The summed E-state index contributed by atoms with van der Waals surface area (Å²) >= 11 is 3.09. The molecule has 0 aliphatic rings. The summed E-state index contributed by atoms with van der Waals surface area (Å²) in [6, 6.07) is 1.46. The highest BCUT2D eigenvalue weighted by atomic mass is 79.9. The Bertz CT molecular complexity index is 304. The minimum Gasteiger partial charge on any atom is -0.347 e. The van der Waals surface area contributed by atoms with E-state index < -0.39 is 6.98 Å². The molecule has 9 heavy (non-hydrogen) atoms. The smallest absolute Gasteiger partial charge is 0.166 e. The van der Waals surface area contributed by atoms with Crippen molar-refractivity contribution in [2.45, 2.75) is 0 Å². The minimum atomic E-state index is -2.29. The average Bonchev–Trinajstić information content (AvgIpc) is 2.29. The van der Waals surface area contributed by atoms with E-state index >= 15 is 0 Å². The summed E-state index contributed by atoms with van der Waals surface area (Å²) in [6.45, 7) is -2.29. The van der Waals surface area contributed by atoms with Crippen LogP contribution in [0.25, 0.3) is 0 Å². The van der Waals surface area contributed by atoms with E-state index in [9.17, 15) is 4.79 Å². The molecule has 1 aromatic rings. The Morgan fingerprint density at radius 1 is 2.00 bits per heavy atom. The molecule has 0 saturated heterocycles. The fraction of sp³-hybridized carbons (Fsp3) is 0.167. The first-order valence-electron chi connectivity index (χ1n) is 3.78. The number of aldehydes is 1. The quantitative estimate of drug-likeness (QED) is 0.618. The van der Waals surface area contributed by atoms with Gasteiger partial charge >= 0.3 is 0 Å². The fourth-order valence-electron chi connectivity index (χ4n) is 0.537. The van der Waals surface area contributed by atoms with Crippen LogP contribution in [0, 0.1) is 0 Å². The van der Waals surface area contributed by atoms with Crippen LogP contribution >= 0.6 is 15.9 Å². The molecular weight excluding hydrogens is 182 g/mol. The van der Waals surface area contributed by atoms with Crippen molar-refractivity contribution >= 4 is 22.2 Å². The maximum Gasteiger partial charge on any atom is 0.166 e. The Morgan fingerprint density at radius 3 is 3.22 bits per heavy atom. The van der Waals surface area contributed by atoms with Crippen LogP contribution in [-0.4, -0.2) is 10.9 Å². The van der Waals surface area contributed by atoms with Crippen LogP contribution in [0.4, 0.5) is 0 Å². The summed E-state index contributed by atoms with van der Waals surface area (Å²) < 4.78 is 22.7. The SMILES string of the molecule is [2H]C([2H])([2H])n1cc(Br)cc1C=O. The van der Waals surface area contributed by atoms with E-state index in [0.29, 0.717) is 10.8 Å². The predicted molar refractivity (Wildman–Crippen MR) is 38.5 cm³/mol. The van der Waals surface area contributed by atoms with Crippen LogP contribution in [-0.2, 0) is 6.98 Å². The molecule has 1 aromatic heterocycles. The van der Waals surface area contributed by atoms with Gasteiger partial charge in [0.2, 0.25) is 0 Å². The molecule has 0 atom stereocenters. The van der Waals surface area contributed by atoms with Crippen LogP contribution in [0.5, 0.6) is 0 Å². The van der Waals surface area contributed by atoms with E-state index in [2.05, 4.69) is 15.9 Å². The van der Waals surface area contributed by atoms with E-state index in [1.807, 2.05) is 0 Å². The number of carbonyl (C=O) groups is 1. The van der Waals surface area contributed by atoms with Crippen LogP contribution < -0.4 is 0 Å². The Kier molecular flexibility index (Phi) is 0.931. The fourth-order valence-corrected chi connectivity index (χ4v) is 0.976. The van der Waals surface area contributed by atoms with Crippen molar-refractivity contribution in [3.8, 4) is 0 Å². The van der Waals surface area contributed by atoms with Crippen molar-refractivity contribution in [3.63, 3.8) is 0 Å². The first-order chi connectivity index (χ1) is 5.45. The lowest BCUT2D eigenvalue weighted by atomic mass is 10.5. The van der Waals surface area contributed by atoms with Crippen LogP contribution in [0.3, 0.4) is 0 Å². The number of carbonyl (C=O) groups excluding carboxylic acids is 1. The lowest BCUT2D eigenvalue weighted by molar-refractivity contribution is 0.111. The second-order valence-corrected chi connectivity index (χ2v) is 2.49. The van der Waals surface area contributed by atoms with Gasteiger partial charge in [0.1, 0.15) is 0 Å². The Balaban J connectivity index is 3.22. The number of rotatable bonds is 1. The molecule has 0 spiro atoms. The van der Waals surface area contributed by atoms with Crippen molar-refractivity contribution in [1.82, 2.24) is 4.57 Å². The molecule has 0 amide bonds. The van der Waals surface area contributed by atoms with E-state index in [-0.39, 0.29) is 5.69 Å². The first kappa shape index (κ1) is 3.56. The second kappa shape index (κ2) is 2.35. The summed E-state index contributed by atoms with van der Waals surface area (Å²) in [5.41, 5.74) is 0.141. The zero-order valence-corrected chi connectivity index (χ0v) is 6.05. The van der Waals surface area contributed by atoms with Crippen molar-refractivity contribution in [1.29, 1.82) is 0 Å². The molecule has 0 aliphatic carbocycles. The molecule has 0 N–H and O–H groups in total. The number of nitrogens with zero attached hydrogens (tertiary/aromatic N) is 1. The minimum absolute atomic E-state index is 0.141.